The fourth-order valence-corrected chi connectivity index (χ4v) is 5.26. The SMILES string of the molecule is CO[Si](CCCNC(=O)C(C)SCC(C)(CO)C(=O)OCCS(=O)(=O)O)(OC)OC. The molecule has 2 unspecified atom stereocenters. The molecule has 0 aliphatic heterocycles. The topological polar surface area (TPSA) is 158 Å². The molecule has 14 heteroatoms. The molecule has 0 aliphatic carbocycles. The number of carbonyl (C=O) groups excluding carboxylic acids is 2. The van der Waals surface area contributed by atoms with Gasteiger partial charge in [0, 0.05) is 39.7 Å². The van der Waals surface area contributed by atoms with Crippen LogP contribution in [0.4, 0.5) is 0 Å². The smallest absolute Gasteiger partial charge is 0.464 e. The number of nitrogens with one attached hydrogen (secondary N) is 1. The monoisotopic (exact) mass is 491 g/mol. The summed E-state index contributed by atoms with van der Waals surface area (Å²) in [5, 5.41) is 11.9. The normalized spacial score (nSPS) is 15.3. The minimum atomic E-state index is -4.25. The highest BCUT2D eigenvalue weighted by Gasteiger charge is 2.37. The maximum atomic E-state index is 12.2. The number of aliphatic hydroxyl groups excluding tert-OH is 1. The van der Waals surface area contributed by atoms with Crippen LogP contribution in [0.25, 0.3) is 0 Å². The summed E-state index contributed by atoms with van der Waals surface area (Å²) in [5.41, 5.74) is -1.32. The molecule has 0 fully saturated rings. The second kappa shape index (κ2) is 13.6. The summed E-state index contributed by atoms with van der Waals surface area (Å²) >= 11 is 1.15. The number of rotatable bonds is 16. The molecule has 2 atom stereocenters. The number of ether oxygens (including phenoxy) is 1. The minimum Gasteiger partial charge on any atom is -0.464 e. The predicted octanol–water partition coefficient (Wildman–Crippen LogP) is -0.0779. The van der Waals surface area contributed by atoms with Crippen LogP contribution in [0.1, 0.15) is 20.3 Å². The van der Waals surface area contributed by atoms with Crippen LogP contribution in [0, 0.1) is 5.41 Å². The van der Waals surface area contributed by atoms with Gasteiger partial charge in [-0.3, -0.25) is 14.1 Å². The van der Waals surface area contributed by atoms with Crippen LogP contribution < -0.4 is 5.32 Å². The summed E-state index contributed by atoms with van der Waals surface area (Å²) in [6.45, 7) is 2.44. The first kappa shape index (κ1) is 29.3. The third kappa shape index (κ3) is 10.5. The van der Waals surface area contributed by atoms with Crippen molar-refractivity contribution in [3.63, 3.8) is 0 Å². The molecular formula is C16H33NO10S2Si. The van der Waals surface area contributed by atoms with Gasteiger partial charge in [0.1, 0.15) is 12.4 Å². The molecule has 0 aromatic rings. The van der Waals surface area contributed by atoms with Crippen LogP contribution in [0.3, 0.4) is 0 Å². The van der Waals surface area contributed by atoms with Crippen molar-refractivity contribution in [2.24, 2.45) is 5.41 Å². The van der Waals surface area contributed by atoms with Crippen LogP contribution in [0.2, 0.25) is 6.04 Å². The molecule has 0 spiro atoms. The number of aliphatic hydroxyl groups is 1. The van der Waals surface area contributed by atoms with Crippen LogP contribution >= 0.6 is 11.8 Å². The van der Waals surface area contributed by atoms with Crippen molar-refractivity contribution in [3.8, 4) is 0 Å². The van der Waals surface area contributed by atoms with Gasteiger partial charge in [0.2, 0.25) is 5.91 Å². The highest BCUT2D eigenvalue weighted by atomic mass is 32.2. The van der Waals surface area contributed by atoms with Gasteiger partial charge in [-0.25, -0.2) is 0 Å². The Labute approximate surface area is 183 Å². The van der Waals surface area contributed by atoms with Gasteiger partial charge >= 0.3 is 14.8 Å². The highest BCUT2D eigenvalue weighted by molar-refractivity contribution is 8.00. The number of thioether (sulfide) groups is 1. The fourth-order valence-electron chi connectivity index (χ4n) is 2.18. The fraction of sp³-hybridized carbons (Fsp3) is 0.875. The quantitative estimate of drug-likeness (QED) is 0.115. The molecule has 0 radical (unpaired) electrons. The predicted molar refractivity (Wildman–Crippen MR) is 114 cm³/mol. The van der Waals surface area contributed by atoms with Gasteiger partial charge in [0.25, 0.3) is 10.1 Å². The van der Waals surface area contributed by atoms with Gasteiger partial charge in [0.05, 0.1) is 17.3 Å². The van der Waals surface area contributed by atoms with E-state index >= 15 is 0 Å². The lowest BCUT2D eigenvalue weighted by molar-refractivity contribution is -0.155. The van der Waals surface area contributed by atoms with Crippen molar-refractivity contribution in [2.45, 2.75) is 31.6 Å². The van der Waals surface area contributed by atoms with Crippen LogP contribution in [0.15, 0.2) is 0 Å². The van der Waals surface area contributed by atoms with Crippen molar-refractivity contribution in [1.29, 1.82) is 0 Å². The zero-order chi connectivity index (χ0) is 23.4. The highest BCUT2D eigenvalue weighted by Crippen LogP contribution is 2.26. The summed E-state index contributed by atoms with van der Waals surface area (Å²) < 4.78 is 50.8. The van der Waals surface area contributed by atoms with Crippen LogP contribution in [-0.2, 0) is 37.7 Å². The Bertz CT molecular complexity index is 636. The van der Waals surface area contributed by atoms with Gasteiger partial charge in [0.15, 0.2) is 0 Å². The van der Waals surface area contributed by atoms with E-state index in [1.807, 2.05) is 0 Å². The molecule has 0 aromatic carbocycles. The van der Waals surface area contributed by atoms with Gasteiger partial charge in [-0.15, -0.1) is 11.8 Å². The van der Waals surface area contributed by atoms with Gasteiger partial charge in [-0.05, 0) is 20.3 Å². The lowest BCUT2D eigenvalue weighted by atomic mass is 9.95. The molecule has 178 valence electrons. The molecule has 11 nitrogen and oxygen atoms in total. The molecule has 0 bridgehead atoms. The van der Waals surface area contributed by atoms with E-state index < -0.39 is 54.5 Å². The van der Waals surface area contributed by atoms with Crippen LogP contribution in [0.5, 0.6) is 0 Å². The Kier molecular flexibility index (Phi) is 13.3. The Balaban J connectivity index is 4.47. The average Bonchev–Trinajstić information content (AvgIpc) is 2.71. The number of amides is 1. The molecule has 0 aromatic heterocycles. The van der Waals surface area contributed by atoms with Crippen molar-refractivity contribution < 1.29 is 45.7 Å². The van der Waals surface area contributed by atoms with E-state index in [9.17, 15) is 23.1 Å². The average molecular weight is 492 g/mol. The first-order chi connectivity index (χ1) is 13.9. The van der Waals surface area contributed by atoms with Gasteiger partial charge < -0.3 is 28.4 Å². The zero-order valence-electron chi connectivity index (χ0n) is 18.0. The molecule has 0 aliphatic rings. The molecule has 0 saturated heterocycles. The van der Waals surface area contributed by atoms with E-state index in [0.717, 1.165) is 11.8 Å². The first-order valence-electron chi connectivity index (χ1n) is 9.16. The van der Waals surface area contributed by atoms with E-state index in [-0.39, 0.29) is 11.7 Å². The molecular weight excluding hydrogens is 458 g/mol. The minimum absolute atomic E-state index is 0.0792. The first-order valence-corrected chi connectivity index (χ1v) is 13.8. The Morgan fingerprint density at radius 3 is 2.23 bits per heavy atom. The van der Waals surface area contributed by atoms with E-state index in [1.165, 1.54) is 28.3 Å². The largest absolute Gasteiger partial charge is 0.500 e. The third-order valence-electron chi connectivity index (χ3n) is 4.33. The second-order valence-corrected chi connectivity index (χ2v) is 12.8. The number of hydrogen-bond donors (Lipinski definition) is 3. The standard InChI is InChI=1S/C16H33NO10S2Si/c1-13(14(19)17-7-6-10-30(24-3,25-4)26-5)28-12-16(2,11-18)15(20)27-8-9-29(21,22)23/h13,18H,6-12H2,1-5H3,(H,17,19)(H,21,22,23). The van der Waals surface area contributed by atoms with Crippen molar-refractivity contribution >= 4 is 42.6 Å². The number of hydrogen-bond acceptors (Lipinski definition) is 10. The van der Waals surface area contributed by atoms with Crippen molar-refractivity contribution in [2.75, 3.05) is 52.6 Å². The zero-order valence-corrected chi connectivity index (χ0v) is 20.6. The van der Waals surface area contributed by atoms with E-state index in [4.69, 9.17) is 22.6 Å². The number of esters is 1. The summed E-state index contributed by atoms with van der Waals surface area (Å²) in [6, 6.07) is 0.538. The lowest BCUT2D eigenvalue weighted by Crippen LogP contribution is -2.43. The Morgan fingerprint density at radius 1 is 1.20 bits per heavy atom. The third-order valence-corrected chi connectivity index (χ3v) is 9.36. The summed E-state index contributed by atoms with van der Waals surface area (Å²) in [7, 11) is -2.39. The molecule has 0 saturated carbocycles. The molecule has 30 heavy (non-hydrogen) atoms. The molecule has 0 rings (SSSR count). The second-order valence-electron chi connectivity index (χ2n) is 6.78. The van der Waals surface area contributed by atoms with Crippen molar-refractivity contribution in [3.05, 3.63) is 0 Å². The Morgan fingerprint density at radius 2 is 1.77 bits per heavy atom. The summed E-state index contributed by atoms with van der Waals surface area (Å²) in [6.07, 6.45) is 0.597. The maximum absolute atomic E-state index is 12.2. The van der Waals surface area contributed by atoms with Gasteiger partial charge in [-0.1, -0.05) is 0 Å². The van der Waals surface area contributed by atoms with Gasteiger partial charge in [-0.2, -0.15) is 8.42 Å². The maximum Gasteiger partial charge on any atom is 0.500 e. The molecule has 1 amide bonds. The van der Waals surface area contributed by atoms with E-state index in [1.54, 1.807) is 6.92 Å². The molecule has 0 heterocycles. The lowest BCUT2D eigenvalue weighted by Gasteiger charge is -2.26. The Hall–Kier alpha value is -0.743. The summed E-state index contributed by atoms with van der Waals surface area (Å²) in [4.78, 5) is 24.4. The van der Waals surface area contributed by atoms with E-state index in [0.29, 0.717) is 19.0 Å². The van der Waals surface area contributed by atoms with Crippen molar-refractivity contribution in [1.82, 2.24) is 5.32 Å². The molecule has 3 N–H and O–H groups in total. The summed E-state index contributed by atoms with van der Waals surface area (Å²) in [5.74, 6) is -1.70. The van der Waals surface area contributed by atoms with E-state index in [2.05, 4.69) is 5.32 Å². The van der Waals surface area contributed by atoms with Crippen LogP contribution in [-0.4, -0.2) is 96.6 Å². The number of carbonyl (C=O) groups is 2.